The number of rotatable bonds is 7. The van der Waals surface area contributed by atoms with Gasteiger partial charge in [-0.25, -0.2) is 14.4 Å². The minimum Gasteiger partial charge on any atom is -0.493 e. The van der Waals surface area contributed by atoms with Crippen LogP contribution in [0, 0.1) is 11.7 Å². The average molecular weight is 514 g/mol. The fourth-order valence-electron chi connectivity index (χ4n) is 4.81. The van der Waals surface area contributed by atoms with Gasteiger partial charge >= 0.3 is 0 Å². The maximum Gasteiger partial charge on any atom is 0.222 e. The molecule has 1 aromatic heterocycles. The van der Waals surface area contributed by atoms with Crippen molar-refractivity contribution in [2.24, 2.45) is 5.92 Å². The van der Waals surface area contributed by atoms with E-state index in [4.69, 9.17) is 21.1 Å². The van der Waals surface area contributed by atoms with Crippen molar-refractivity contribution in [3.63, 3.8) is 0 Å². The number of carbonyl (C=O) groups is 1. The molecule has 1 atom stereocenters. The van der Waals surface area contributed by atoms with Crippen LogP contribution >= 0.6 is 11.6 Å². The number of nitrogens with zero attached hydrogens (tertiary/aromatic N) is 3. The first-order chi connectivity index (χ1) is 17.5. The molecule has 5 rings (SSSR count). The number of amides is 1. The lowest BCUT2D eigenvalue weighted by Gasteiger charge is -2.33. The van der Waals surface area contributed by atoms with Crippen LogP contribution in [0.2, 0.25) is 5.02 Å². The second kappa shape index (κ2) is 10.8. The van der Waals surface area contributed by atoms with Gasteiger partial charge in [-0.05, 0) is 43.6 Å². The molecule has 2 saturated heterocycles. The first-order valence-electron chi connectivity index (χ1n) is 12.2. The highest BCUT2D eigenvalue weighted by atomic mass is 35.5. The highest BCUT2D eigenvalue weighted by Crippen LogP contribution is 2.37. The molecule has 0 spiro atoms. The third kappa shape index (κ3) is 5.32. The fraction of sp³-hybridized carbons (Fsp3) is 0.423. The summed E-state index contributed by atoms with van der Waals surface area (Å²) < 4.78 is 26.4. The van der Waals surface area contributed by atoms with Gasteiger partial charge in [0.05, 0.1) is 23.3 Å². The molecule has 10 heteroatoms. The minimum atomic E-state index is -0.554. The summed E-state index contributed by atoms with van der Waals surface area (Å²) >= 11 is 5.93. The summed E-state index contributed by atoms with van der Waals surface area (Å²) in [7, 11) is 1.58. The molecule has 2 aromatic carbocycles. The molecule has 36 heavy (non-hydrogen) atoms. The lowest BCUT2D eigenvalue weighted by atomic mass is 10.0. The predicted molar refractivity (Wildman–Crippen MR) is 137 cm³/mol. The second-order valence-corrected chi connectivity index (χ2v) is 9.64. The van der Waals surface area contributed by atoms with E-state index < -0.39 is 5.82 Å². The van der Waals surface area contributed by atoms with E-state index in [1.807, 2.05) is 11.0 Å². The zero-order chi connectivity index (χ0) is 25.1. The largest absolute Gasteiger partial charge is 0.493 e. The first-order valence-corrected chi connectivity index (χ1v) is 12.6. The summed E-state index contributed by atoms with van der Waals surface area (Å²) in [4.78, 5) is 23.3. The number of benzene rings is 2. The van der Waals surface area contributed by atoms with Gasteiger partial charge in [0.1, 0.15) is 18.2 Å². The van der Waals surface area contributed by atoms with Crippen molar-refractivity contribution in [2.45, 2.75) is 31.8 Å². The van der Waals surface area contributed by atoms with E-state index in [-0.39, 0.29) is 22.7 Å². The lowest BCUT2D eigenvalue weighted by Crippen LogP contribution is -2.42. The number of aromatic nitrogens is 2. The van der Waals surface area contributed by atoms with Gasteiger partial charge < -0.3 is 25.0 Å². The number of piperidine rings is 1. The Morgan fingerprint density at radius 1 is 1.22 bits per heavy atom. The number of anilines is 2. The Kier molecular flexibility index (Phi) is 7.38. The number of methoxy groups -OCH3 is 1. The predicted octanol–water partition coefficient (Wildman–Crippen LogP) is 4.54. The minimum absolute atomic E-state index is 0.0220. The summed E-state index contributed by atoms with van der Waals surface area (Å²) in [5.41, 5.74) is 0.840. The molecular weight excluding hydrogens is 485 g/mol. The zero-order valence-corrected chi connectivity index (χ0v) is 20.9. The zero-order valence-electron chi connectivity index (χ0n) is 20.1. The van der Waals surface area contributed by atoms with E-state index in [0.717, 1.165) is 32.4 Å². The van der Waals surface area contributed by atoms with Crippen LogP contribution in [0.15, 0.2) is 36.7 Å². The highest BCUT2D eigenvalue weighted by molar-refractivity contribution is 6.31. The SMILES string of the molecule is COc1cc2ncnc(Nc3cccc(Cl)c3F)c2cc1OC1CCN(C(=O)CC2CCNC2)CC1. The molecule has 1 unspecified atom stereocenters. The number of ether oxygens (including phenoxy) is 2. The first kappa shape index (κ1) is 24.5. The van der Waals surface area contributed by atoms with Crippen molar-refractivity contribution >= 4 is 39.9 Å². The van der Waals surface area contributed by atoms with Crippen LogP contribution in [0.25, 0.3) is 10.9 Å². The molecular formula is C26H29ClFN5O3. The third-order valence-corrected chi connectivity index (χ3v) is 7.13. The lowest BCUT2D eigenvalue weighted by molar-refractivity contribution is -0.133. The summed E-state index contributed by atoms with van der Waals surface area (Å²) in [5, 5.41) is 7.02. The Balaban J connectivity index is 1.31. The molecule has 8 nitrogen and oxygen atoms in total. The molecule has 190 valence electrons. The summed E-state index contributed by atoms with van der Waals surface area (Å²) in [5.74, 6) is 1.65. The van der Waals surface area contributed by atoms with Gasteiger partial charge in [0, 0.05) is 43.8 Å². The van der Waals surface area contributed by atoms with Crippen molar-refractivity contribution in [1.82, 2.24) is 20.2 Å². The van der Waals surface area contributed by atoms with Gasteiger partial charge in [0.25, 0.3) is 0 Å². The van der Waals surface area contributed by atoms with Crippen LogP contribution in [-0.2, 0) is 4.79 Å². The number of carbonyl (C=O) groups excluding carboxylic acids is 1. The van der Waals surface area contributed by atoms with Crippen LogP contribution in [0.1, 0.15) is 25.7 Å². The Morgan fingerprint density at radius 3 is 2.81 bits per heavy atom. The standard InChI is InChI=1S/C26H29ClFN5O3/c1-35-22-13-21-18(26(31-15-30-21)32-20-4-2-3-19(27)25(20)28)12-23(22)36-17-6-9-33(10-7-17)24(34)11-16-5-8-29-14-16/h2-4,12-13,15-17,29H,5-11,14H2,1H3,(H,30,31,32). The van der Waals surface area contributed by atoms with Gasteiger partial charge in [-0.2, -0.15) is 0 Å². The molecule has 0 aliphatic carbocycles. The van der Waals surface area contributed by atoms with Gasteiger partial charge in [0.15, 0.2) is 17.3 Å². The number of nitrogens with one attached hydrogen (secondary N) is 2. The quantitative estimate of drug-likeness (QED) is 0.479. The molecule has 3 heterocycles. The Labute approximate surface area is 214 Å². The van der Waals surface area contributed by atoms with Crippen molar-refractivity contribution < 1.29 is 18.7 Å². The smallest absolute Gasteiger partial charge is 0.222 e. The van der Waals surface area contributed by atoms with Gasteiger partial charge in [-0.15, -0.1) is 0 Å². The van der Waals surface area contributed by atoms with E-state index in [9.17, 15) is 9.18 Å². The van der Waals surface area contributed by atoms with E-state index in [2.05, 4.69) is 20.6 Å². The average Bonchev–Trinajstić information content (AvgIpc) is 3.40. The molecule has 0 saturated carbocycles. The van der Waals surface area contributed by atoms with Crippen LogP contribution in [0.3, 0.4) is 0 Å². The van der Waals surface area contributed by atoms with E-state index in [1.54, 1.807) is 25.3 Å². The third-order valence-electron chi connectivity index (χ3n) is 6.84. The number of hydrogen-bond donors (Lipinski definition) is 2. The highest BCUT2D eigenvalue weighted by Gasteiger charge is 2.27. The van der Waals surface area contributed by atoms with Gasteiger partial charge in [-0.1, -0.05) is 17.7 Å². The second-order valence-electron chi connectivity index (χ2n) is 9.23. The summed E-state index contributed by atoms with van der Waals surface area (Å²) in [6.45, 7) is 3.27. The topological polar surface area (TPSA) is 88.6 Å². The molecule has 1 amide bonds. The Hall–Kier alpha value is -3.17. The Bertz CT molecular complexity index is 1250. The fourth-order valence-corrected chi connectivity index (χ4v) is 4.99. The number of hydrogen-bond acceptors (Lipinski definition) is 7. The number of halogens is 2. The molecule has 2 fully saturated rings. The maximum atomic E-state index is 14.5. The molecule has 2 N–H and O–H groups in total. The van der Waals surface area contributed by atoms with Crippen molar-refractivity contribution in [1.29, 1.82) is 0 Å². The van der Waals surface area contributed by atoms with Crippen LogP contribution < -0.4 is 20.1 Å². The van der Waals surface area contributed by atoms with Crippen LogP contribution in [0.5, 0.6) is 11.5 Å². The molecule has 0 bridgehead atoms. The van der Waals surface area contributed by atoms with Crippen molar-refractivity contribution in [3.05, 3.63) is 47.5 Å². The summed E-state index contributed by atoms with van der Waals surface area (Å²) in [6, 6.07) is 8.33. The van der Waals surface area contributed by atoms with Crippen molar-refractivity contribution in [3.8, 4) is 11.5 Å². The number of likely N-dealkylation sites (tertiary alicyclic amines) is 1. The van der Waals surface area contributed by atoms with E-state index in [1.165, 1.54) is 12.4 Å². The van der Waals surface area contributed by atoms with E-state index >= 15 is 0 Å². The maximum absolute atomic E-state index is 14.5. The van der Waals surface area contributed by atoms with Crippen LogP contribution in [0.4, 0.5) is 15.9 Å². The van der Waals surface area contributed by atoms with Crippen molar-refractivity contribution in [2.75, 3.05) is 38.6 Å². The monoisotopic (exact) mass is 513 g/mol. The Morgan fingerprint density at radius 2 is 2.06 bits per heavy atom. The van der Waals surface area contributed by atoms with Crippen LogP contribution in [-0.4, -0.2) is 60.2 Å². The van der Waals surface area contributed by atoms with E-state index in [0.29, 0.717) is 53.6 Å². The number of fused-ring (bicyclic) bond motifs is 1. The normalized spacial score (nSPS) is 18.4. The van der Waals surface area contributed by atoms with Gasteiger partial charge in [-0.3, -0.25) is 4.79 Å². The molecule has 3 aromatic rings. The molecule has 0 radical (unpaired) electrons. The molecule has 2 aliphatic heterocycles. The van der Waals surface area contributed by atoms with Gasteiger partial charge in [0.2, 0.25) is 5.91 Å². The summed E-state index contributed by atoms with van der Waals surface area (Å²) in [6.07, 6.45) is 4.50. The molecule has 2 aliphatic rings.